The molecular formula is C14H16BrNS. The molecule has 0 aliphatic rings. The fourth-order valence-corrected chi connectivity index (χ4v) is 3.12. The highest BCUT2D eigenvalue weighted by Gasteiger charge is 2.08. The van der Waals surface area contributed by atoms with Crippen LogP contribution in [0.2, 0.25) is 0 Å². The minimum Gasteiger partial charge on any atom is -0.323 e. The van der Waals surface area contributed by atoms with Gasteiger partial charge in [0, 0.05) is 20.3 Å². The minimum atomic E-state index is 0.169. The predicted molar refractivity (Wildman–Crippen MR) is 79.4 cm³/mol. The van der Waals surface area contributed by atoms with Crippen molar-refractivity contribution in [1.29, 1.82) is 0 Å². The van der Waals surface area contributed by atoms with Crippen molar-refractivity contribution in [3.05, 3.63) is 45.2 Å². The van der Waals surface area contributed by atoms with E-state index in [-0.39, 0.29) is 6.04 Å². The predicted octanol–water partition coefficient (Wildman–Crippen LogP) is 4.90. The second kappa shape index (κ2) is 5.34. The van der Waals surface area contributed by atoms with E-state index in [2.05, 4.69) is 60.1 Å². The summed E-state index contributed by atoms with van der Waals surface area (Å²) in [7, 11) is 0. The molecule has 0 spiro atoms. The third kappa shape index (κ3) is 2.79. The van der Waals surface area contributed by atoms with Gasteiger partial charge in [-0.15, -0.1) is 11.3 Å². The van der Waals surface area contributed by atoms with Gasteiger partial charge in [0.1, 0.15) is 0 Å². The molecule has 1 aromatic heterocycles. The zero-order valence-corrected chi connectivity index (χ0v) is 12.4. The smallest absolute Gasteiger partial charge is 0.0387 e. The number of rotatable bonds is 3. The summed E-state index contributed by atoms with van der Waals surface area (Å²) in [6, 6.07) is 10.9. The Hall–Kier alpha value is -0.640. The lowest BCUT2D eigenvalue weighted by Crippen LogP contribution is -2.05. The fraction of sp³-hybridized carbons (Fsp3) is 0.286. The van der Waals surface area contributed by atoms with Gasteiger partial charge in [0.05, 0.1) is 0 Å². The lowest BCUT2D eigenvalue weighted by molar-refractivity contribution is 0.712. The van der Waals surface area contributed by atoms with Crippen LogP contribution in [0.25, 0.3) is 10.4 Å². The maximum absolute atomic E-state index is 6.04. The van der Waals surface area contributed by atoms with Gasteiger partial charge >= 0.3 is 0 Å². The third-order valence-electron chi connectivity index (χ3n) is 2.89. The molecule has 0 aliphatic heterocycles. The molecule has 1 unspecified atom stereocenters. The number of aryl methyl sites for hydroxylation is 1. The number of nitrogens with two attached hydrogens (primary N) is 1. The summed E-state index contributed by atoms with van der Waals surface area (Å²) in [5.74, 6) is 0. The normalized spacial score (nSPS) is 12.7. The van der Waals surface area contributed by atoms with Crippen molar-refractivity contribution in [2.75, 3.05) is 0 Å². The van der Waals surface area contributed by atoms with E-state index in [1.807, 2.05) is 0 Å². The van der Waals surface area contributed by atoms with Crippen LogP contribution in [0.3, 0.4) is 0 Å². The summed E-state index contributed by atoms with van der Waals surface area (Å²) < 4.78 is 1.16. The van der Waals surface area contributed by atoms with Crippen molar-refractivity contribution in [2.24, 2.45) is 5.73 Å². The van der Waals surface area contributed by atoms with E-state index in [0.29, 0.717) is 0 Å². The van der Waals surface area contributed by atoms with Crippen LogP contribution in [0.1, 0.15) is 29.8 Å². The van der Waals surface area contributed by atoms with Crippen LogP contribution in [-0.2, 0) is 0 Å². The molecule has 2 rings (SSSR count). The monoisotopic (exact) mass is 309 g/mol. The minimum absolute atomic E-state index is 0.169. The zero-order valence-electron chi connectivity index (χ0n) is 10.0. The lowest BCUT2D eigenvalue weighted by Gasteiger charge is -2.04. The molecule has 0 saturated heterocycles. The van der Waals surface area contributed by atoms with Crippen LogP contribution in [0, 0.1) is 6.92 Å². The molecule has 17 heavy (non-hydrogen) atoms. The second-order valence-electron chi connectivity index (χ2n) is 4.18. The Labute approximate surface area is 115 Å². The number of halogens is 1. The summed E-state index contributed by atoms with van der Waals surface area (Å²) in [6.45, 7) is 4.22. The van der Waals surface area contributed by atoms with Crippen LogP contribution in [-0.4, -0.2) is 0 Å². The Morgan fingerprint density at radius 1 is 1.29 bits per heavy atom. The Morgan fingerprint density at radius 2 is 2.06 bits per heavy atom. The largest absolute Gasteiger partial charge is 0.323 e. The molecule has 90 valence electrons. The second-order valence-corrected chi connectivity index (χ2v) is 6.15. The highest BCUT2D eigenvalue weighted by molar-refractivity contribution is 9.10. The van der Waals surface area contributed by atoms with Gasteiger partial charge in [-0.3, -0.25) is 0 Å². The summed E-state index contributed by atoms with van der Waals surface area (Å²) >= 11 is 5.36. The topological polar surface area (TPSA) is 26.0 Å². The van der Waals surface area contributed by atoms with Gasteiger partial charge in [-0.05, 0) is 42.7 Å². The summed E-state index contributed by atoms with van der Waals surface area (Å²) in [6.07, 6.45) is 0.984. The first kappa shape index (κ1) is 12.8. The van der Waals surface area contributed by atoms with E-state index in [4.69, 9.17) is 5.73 Å². The number of thiophene rings is 1. The van der Waals surface area contributed by atoms with Crippen molar-refractivity contribution in [1.82, 2.24) is 0 Å². The van der Waals surface area contributed by atoms with Crippen molar-refractivity contribution in [2.45, 2.75) is 26.3 Å². The third-order valence-corrected chi connectivity index (χ3v) is 5.01. The van der Waals surface area contributed by atoms with E-state index < -0.39 is 0 Å². The van der Waals surface area contributed by atoms with Crippen LogP contribution < -0.4 is 5.73 Å². The summed E-state index contributed by atoms with van der Waals surface area (Å²) in [5, 5.41) is 0. The van der Waals surface area contributed by atoms with Gasteiger partial charge in [-0.25, -0.2) is 0 Å². The zero-order chi connectivity index (χ0) is 12.4. The molecule has 0 fully saturated rings. The van der Waals surface area contributed by atoms with Crippen LogP contribution >= 0.6 is 27.3 Å². The molecule has 1 aromatic carbocycles. The Bertz CT molecular complexity index is 519. The van der Waals surface area contributed by atoms with Gasteiger partial charge in [0.15, 0.2) is 0 Å². The summed E-state index contributed by atoms with van der Waals surface area (Å²) in [4.78, 5) is 2.55. The standard InChI is InChI=1S/C14H16BrNS/c1-3-12(16)14-7-6-13(17-14)10-5-4-9(2)11(15)8-10/h4-8,12H,3,16H2,1-2H3. The first-order valence-electron chi connectivity index (χ1n) is 5.73. The van der Waals surface area contributed by atoms with Gasteiger partial charge in [0.25, 0.3) is 0 Å². The maximum Gasteiger partial charge on any atom is 0.0387 e. The van der Waals surface area contributed by atoms with Crippen molar-refractivity contribution >= 4 is 27.3 Å². The first-order valence-corrected chi connectivity index (χ1v) is 7.34. The van der Waals surface area contributed by atoms with Crippen LogP contribution in [0.15, 0.2) is 34.8 Å². The van der Waals surface area contributed by atoms with Crippen molar-refractivity contribution in [3.8, 4) is 10.4 Å². The van der Waals surface area contributed by atoms with E-state index >= 15 is 0 Å². The molecule has 2 aromatic rings. The molecular weight excluding hydrogens is 294 g/mol. The maximum atomic E-state index is 6.04. The molecule has 0 saturated carbocycles. The molecule has 3 heteroatoms. The number of benzene rings is 1. The highest BCUT2D eigenvalue weighted by atomic mass is 79.9. The van der Waals surface area contributed by atoms with Gasteiger partial charge in [-0.1, -0.05) is 35.0 Å². The quantitative estimate of drug-likeness (QED) is 0.857. The molecule has 0 amide bonds. The molecule has 1 heterocycles. The lowest BCUT2D eigenvalue weighted by atomic mass is 10.1. The van der Waals surface area contributed by atoms with Gasteiger partial charge in [0.2, 0.25) is 0 Å². The van der Waals surface area contributed by atoms with Crippen molar-refractivity contribution in [3.63, 3.8) is 0 Å². The molecule has 0 bridgehead atoms. The number of hydrogen-bond acceptors (Lipinski definition) is 2. The number of hydrogen-bond donors (Lipinski definition) is 1. The van der Waals surface area contributed by atoms with Crippen molar-refractivity contribution < 1.29 is 0 Å². The van der Waals surface area contributed by atoms with E-state index in [1.54, 1.807) is 11.3 Å². The molecule has 0 aliphatic carbocycles. The van der Waals surface area contributed by atoms with Crippen LogP contribution in [0.4, 0.5) is 0 Å². The average molecular weight is 310 g/mol. The summed E-state index contributed by atoms with van der Waals surface area (Å²) in [5.41, 5.74) is 8.55. The van der Waals surface area contributed by atoms with Gasteiger partial charge < -0.3 is 5.73 Å². The molecule has 1 atom stereocenters. The van der Waals surface area contributed by atoms with E-state index in [0.717, 1.165) is 10.9 Å². The fourth-order valence-electron chi connectivity index (χ4n) is 1.65. The van der Waals surface area contributed by atoms with E-state index in [1.165, 1.54) is 20.9 Å². The van der Waals surface area contributed by atoms with Crippen LogP contribution in [0.5, 0.6) is 0 Å². The van der Waals surface area contributed by atoms with Gasteiger partial charge in [-0.2, -0.15) is 0 Å². The Kier molecular flexibility index (Phi) is 4.02. The molecule has 1 nitrogen and oxygen atoms in total. The Morgan fingerprint density at radius 3 is 2.71 bits per heavy atom. The first-order chi connectivity index (χ1) is 8.11. The Balaban J connectivity index is 2.33. The highest BCUT2D eigenvalue weighted by Crippen LogP contribution is 2.33. The average Bonchev–Trinajstić information content (AvgIpc) is 2.81. The molecule has 2 N–H and O–H groups in total. The SMILES string of the molecule is CCC(N)c1ccc(-c2ccc(C)c(Br)c2)s1. The molecule has 0 radical (unpaired) electrons. The van der Waals surface area contributed by atoms with E-state index in [9.17, 15) is 0 Å².